The van der Waals surface area contributed by atoms with Crippen LogP contribution in [0.1, 0.15) is 23.2 Å². The molecule has 1 aromatic carbocycles. The second kappa shape index (κ2) is 5.88. The lowest BCUT2D eigenvalue weighted by atomic mass is 9.90. The molecule has 0 spiro atoms. The number of anilines is 1. The molecule has 6 nitrogen and oxygen atoms in total. The van der Waals surface area contributed by atoms with Crippen molar-refractivity contribution in [1.82, 2.24) is 5.32 Å². The highest BCUT2D eigenvalue weighted by atomic mass is 16.5. The van der Waals surface area contributed by atoms with Crippen LogP contribution in [0.2, 0.25) is 0 Å². The molecule has 6 heteroatoms. The lowest BCUT2D eigenvalue weighted by molar-refractivity contribution is -0.132. The monoisotopic (exact) mass is 302 g/mol. The van der Waals surface area contributed by atoms with Crippen LogP contribution in [0, 0.1) is 5.92 Å². The van der Waals surface area contributed by atoms with Crippen LogP contribution < -0.4 is 10.2 Å². The largest absolute Gasteiger partial charge is 0.376 e. The van der Waals surface area contributed by atoms with Crippen LogP contribution in [0.3, 0.4) is 0 Å². The Morgan fingerprint density at radius 3 is 2.86 bits per heavy atom. The molecule has 2 heterocycles. The summed E-state index contributed by atoms with van der Waals surface area (Å²) in [6.45, 7) is 1.03. The molecule has 1 saturated heterocycles. The van der Waals surface area contributed by atoms with Gasteiger partial charge >= 0.3 is 0 Å². The van der Waals surface area contributed by atoms with Crippen molar-refractivity contribution in [3.8, 4) is 0 Å². The fraction of sp³-hybridized carbons (Fsp3) is 0.438. The lowest BCUT2D eigenvalue weighted by Gasteiger charge is -2.29. The third-order valence-electron chi connectivity index (χ3n) is 4.16. The molecule has 1 aromatic rings. The predicted molar refractivity (Wildman–Crippen MR) is 79.7 cm³/mol. The van der Waals surface area contributed by atoms with E-state index >= 15 is 0 Å². The maximum atomic E-state index is 12.5. The molecule has 3 rings (SSSR count). The Hall–Kier alpha value is -2.21. The van der Waals surface area contributed by atoms with E-state index in [2.05, 4.69) is 5.32 Å². The third-order valence-corrected chi connectivity index (χ3v) is 4.16. The normalized spacial score (nSPS) is 24.3. The average Bonchev–Trinajstić information content (AvgIpc) is 3.04. The minimum Gasteiger partial charge on any atom is -0.376 e. The third kappa shape index (κ3) is 2.50. The summed E-state index contributed by atoms with van der Waals surface area (Å²) in [6, 6.07) is 6.82. The van der Waals surface area contributed by atoms with Crippen LogP contribution in [-0.4, -0.2) is 43.9 Å². The number of carbonyl (C=O) groups excluding carboxylic acids is 3. The number of fused-ring (bicyclic) bond motifs is 1. The number of nitrogens with one attached hydrogen (secondary N) is 1. The molecular weight excluding hydrogens is 284 g/mol. The van der Waals surface area contributed by atoms with Crippen LogP contribution in [0.15, 0.2) is 24.3 Å². The summed E-state index contributed by atoms with van der Waals surface area (Å²) in [6.07, 6.45) is 1.83. The van der Waals surface area contributed by atoms with Crippen LogP contribution in [0.4, 0.5) is 5.69 Å². The minimum atomic E-state index is -1.30. The highest BCUT2D eigenvalue weighted by molar-refractivity contribution is 6.30. The molecule has 116 valence electrons. The van der Waals surface area contributed by atoms with Crippen molar-refractivity contribution in [3.63, 3.8) is 0 Å². The molecule has 0 saturated carbocycles. The average molecular weight is 302 g/mol. The fourth-order valence-corrected chi connectivity index (χ4v) is 2.91. The van der Waals surface area contributed by atoms with Crippen molar-refractivity contribution in [1.29, 1.82) is 0 Å². The molecular formula is C16H18N2O4. The Balaban J connectivity index is 1.77. The summed E-state index contributed by atoms with van der Waals surface area (Å²) >= 11 is 0. The van der Waals surface area contributed by atoms with Gasteiger partial charge in [-0.05, 0) is 25.0 Å². The first kappa shape index (κ1) is 14.7. The molecule has 2 amide bonds. The smallest absolute Gasteiger partial charge is 0.247 e. The standard InChI is InChI=1S/C16H18N2O4/c1-18-12-7-3-2-6-11(12)14(19)13(16(18)21)15(20)17-9-10-5-4-8-22-10/h2-3,6-7,10,13H,4-5,8-9H2,1H3,(H,17,20). The quantitative estimate of drug-likeness (QED) is 0.836. The van der Waals surface area contributed by atoms with Crippen LogP contribution in [0.5, 0.6) is 0 Å². The van der Waals surface area contributed by atoms with Crippen molar-refractivity contribution < 1.29 is 19.1 Å². The number of hydrogen-bond donors (Lipinski definition) is 1. The van der Waals surface area contributed by atoms with Gasteiger partial charge < -0.3 is 15.0 Å². The number of carbonyl (C=O) groups is 3. The van der Waals surface area contributed by atoms with Crippen LogP contribution in [0.25, 0.3) is 0 Å². The van der Waals surface area contributed by atoms with E-state index in [9.17, 15) is 14.4 Å². The Kier molecular flexibility index (Phi) is 3.94. The van der Waals surface area contributed by atoms with E-state index in [4.69, 9.17) is 4.74 Å². The van der Waals surface area contributed by atoms with E-state index in [1.807, 2.05) is 0 Å². The molecule has 0 bridgehead atoms. The first-order valence-electron chi connectivity index (χ1n) is 7.39. The molecule has 2 aliphatic rings. The van der Waals surface area contributed by atoms with Gasteiger partial charge in [-0.2, -0.15) is 0 Å². The zero-order chi connectivity index (χ0) is 15.7. The van der Waals surface area contributed by atoms with Gasteiger partial charge in [-0.1, -0.05) is 12.1 Å². The number of amides is 2. The summed E-state index contributed by atoms with van der Waals surface area (Å²) in [5, 5.41) is 2.67. The maximum absolute atomic E-state index is 12.5. The van der Waals surface area contributed by atoms with Gasteiger partial charge in [0.15, 0.2) is 11.7 Å². The van der Waals surface area contributed by atoms with E-state index in [0.29, 0.717) is 24.4 Å². The van der Waals surface area contributed by atoms with Crippen molar-refractivity contribution in [2.45, 2.75) is 18.9 Å². The second-order valence-corrected chi connectivity index (χ2v) is 5.59. The molecule has 2 aliphatic heterocycles. The molecule has 1 N–H and O–H groups in total. The Labute approximate surface area is 128 Å². The Bertz CT molecular complexity index is 622. The van der Waals surface area contributed by atoms with E-state index in [1.54, 1.807) is 31.3 Å². The van der Waals surface area contributed by atoms with Crippen molar-refractivity contribution in [2.24, 2.45) is 5.92 Å². The Morgan fingerprint density at radius 1 is 1.36 bits per heavy atom. The summed E-state index contributed by atoms with van der Waals surface area (Å²) < 4.78 is 5.43. The molecule has 0 aliphatic carbocycles. The molecule has 2 unspecified atom stereocenters. The SMILES string of the molecule is CN1C(=O)C(C(=O)NCC2CCCO2)C(=O)c2ccccc21. The number of nitrogens with zero attached hydrogens (tertiary/aromatic N) is 1. The number of ether oxygens (including phenoxy) is 1. The Morgan fingerprint density at radius 2 is 2.14 bits per heavy atom. The van der Waals surface area contributed by atoms with Crippen molar-refractivity contribution in [3.05, 3.63) is 29.8 Å². The van der Waals surface area contributed by atoms with E-state index in [1.165, 1.54) is 4.90 Å². The van der Waals surface area contributed by atoms with Gasteiger partial charge in [-0.25, -0.2) is 0 Å². The van der Waals surface area contributed by atoms with Gasteiger partial charge in [-0.3, -0.25) is 14.4 Å². The summed E-state index contributed by atoms with van der Waals surface area (Å²) in [5.74, 6) is -2.79. The van der Waals surface area contributed by atoms with Crippen molar-refractivity contribution in [2.75, 3.05) is 25.1 Å². The van der Waals surface area contributed by atoms with Crippen molar-refractivity contribution >= 4 is 23.3 Å². The molecule has 0 radical (unpaired) electrons. The number of ketones is 1. The van der Waals surface area contributed by atoms with E-state index < -0.39 is 23.5 Å². The molecule has 0 aromatic heterocycles. The van der Waals surface area contributed by atoms with Gasteiger partial charge in [0.25, 0.3) is 0 Å². The van der Waals surface area contributed by atoms with Crippen LogP contribution >= 0.6 is 0 Å². The summed E-state index contributed by atoms with van der Waals surface area (Å²) in [7, 11) is 1.58. The number of hydrogen-bond acceptors (Lipinski definition) is 4. The zero-order valence-electron chi connectivity index (χ0n) is 12.4. The van der Waals surface area contributed by atoms with E-state index in [0.717, 1.165) is 12.8 Å². The van der Waals surface area contributed by atoms with Gasteiger partial charge in [-0.15, -0.1) is 0 Å². The van der Waals surface area contributed by atoms with Gasteiger partial charge in [0.05, 0.1) is 11.8 Å². The summed E-state index contributed by atoms with van der Waals surface area (Å²) in [5.41, 5.74) is 0.947. The molecule has 2 atom stereocenters. The molecule has 22 heavy (non-hydrogen) atoms. The minimum absolute atomic E-state index is 0.0252. The maximum Gasteiger partial charge on any atom is 0.247 e. The first-order chi connectivity index (χ1) is 10.6. The fourth-order valence-electron chi connectivity index (χ4n) is 2.91. The number of para-hydroxylation sites is 1. The first-order valence-corrected chi connectivity index (χ1v) is 7.39. The molecule has 1 fully saturated rings. The van der Waals surface area contributed by atoms with E-state index in [-0.39, 0.29) is 6.10 Å². The highest BCUT2D eigenvalue weighted by Crippen LogP contribution is 2.29. The lowest BCUT2D eigenvalue weighted by Crippen LogP contribution is -2.50. The van der Waals surface area contributed by atoms with Crippen LogP contribution in [-0.2, 0) is 14.3 Å². The number of benzene rings is 1. The van der Waals surface area contributed by atoms with Gasteiger partial charge in [0.2, 0.25) is 11.8 Å². The number of rotatable bonds is 3. The van der Waals surface area contributed by atoms with Gasteiger partial charge in [0, 0.05) is 25.8 Å². The topological polar surface area (TPSA) is 75.7 Å². The summed E-state index contributed by atoms with van der Waals surface area (Å²) in [4.78, 5) is 38.5. The highest BCUT2D eigenvalue weighted by Gasteiger charge is 2.42. The predicted octanol–water partition coefficient (Wildman–Crippen LogP) is 0.757. The number of Topliss-reactive ketones (excluding diaryl/α,β-unsaturated/α-hetero) is 1. The zero-order valence-corrected chi connectivity index (χ0v) is 12.4. The second-order valence-electron chi connectivity index (χ2n) is 5.59. The van der Waals surface area contributed by atoms with Gasteiger partial charge in [0.1, 0.15) is 0 Å².